The molecule has 0 fully saturated rings. The molecule has 1 aromatic rings. The van der Waals surface area contributed by atoms with Crippen molar-refractivity contribution in [3.63, 3.8) is 0 Å². The fraction of sp³-hybridized carbons (Fsp3) is 0.500. The highest BCUT2D eigenvalue weighted by molar-refractivity contribution is 5.40. The SMILES string of the molecule is CNC1CCc2c(COC)cccc21. The van der Waals surface area contributed by atoms with E-state index in [0.29, 0.717) is 6.04 Å². The van der Waals surface area contributed by atoms with Crippen LogP contribution in [0.3, 0.4) is 0 Å². The van der Waals surface area contributed by atoms with E-state index in [1.807, 2.05) is 7.05 Å². The summed E-state index contributed by atoms with van der Waals surface area (Å²) in [6, 6.07) is 7.06. The second-order valence-electron chi connectivity index (χ2n) is 3.80. The molecule has 1 N–H and O–H groups in total. The monoisotopic (exact) mass is 191 g/mol. The normalized spacial score (nSPS) is 19.7. The summed E-state index contributed by atoms with van der Waals surface area (Å²) >= 11 is 0. The van der Waals surface area contributed by atoms with E-state index in [2.05, 4.69) is 23.5 Å². The lowest BCUT2D eigenvalue weighted by molar-refractivity contribution is 0.184. The number of benzene rings is 1. The zero-order chi connectivity index (χ0) is 9.97. The molecule has 1 aliphatic carbocycles. The summed E-state index contributed by atoms with van der Waals surface area (Å²) in [7, 11) is 3.78. The number of nitrogens with one attached hydrogen (secondary N) is 1. The second kappa shape index (κ2) is 4.11. The molecule has 2 heteroatoms. The van der Waals surface area contributed by atoms with Crippen molar-refractivity contribution in [2.24, 2.45) is 0 Å². The van der Waals surface area contributed by atoms with Crippen LogP contribution < -0.4 is 5.32 Å². The van der Waals surface area contributed by atoms with Gasteiger partial charge in [-0.1, -0.05) is 18.2 Å². The van der Waals surface area contributed by atoms with Crippen LogP contribution in [0.25, 0.3) is 0 Å². The van der Waals surface area contributed by atoms with Crippen LogP contribution in [0.5, 0.6) is 0 Å². The zero-order valence-electron chi connectivity index (χ0n) is 8.84. The topological polar surface area (TPSA) is 21.3 Å². The maximum Gasteiger partial charge on any atom is 0.0715 e. The van der Waals surface area contributed by atoms with Crippen LogP contribution in [-0.4, -0.2) is 14.2 Å². The Kier molecular flexibility index (Phi) is 2.85. The third-order valence-corrected chi connectivity index (χ3v) is 3.02. The van der Waals surface area contributed by atoms with Crippen LogP contribution in [0.2, 0.25) is 0 Å². The lowest BCUT2D eigenvalue weighted by Crippen LogP contribution is -2.12. The molecule has 0 aromatic heterocycles. The summed E-state index contributed by atoms with van der Waals surface area (Å²) < 4.78 is 5.20. The molecule has 0 aliphatic heterocycles. The summed E-state index contributed by atoms with van der Waals surface area (Å²) in [5, 5.41) is 3.35. The summed E-state index contributed by atoms with van der Waals surface area (Å²) in [6.07, 6.45) is 2.40. The van der Waals surface area contributed by atoms with Crippen molar-refractivity contribution < 1.29 is 4.74 Å². The van der Waals surface area contributed by atoms with Gasteiger partial charge in [-0.2, -0.15) is 0 Å². The maximum absolute atomic E-state index is 5.20. The lowest BCUT2D eigenvalue weighted by Gasteiger charge is -2.11. The fourth-order valence-electron chi connectivity index (χ4n) is 2.32. The van der Waals surface area contributed by atoms with Crippen molar-refractivity contribution in [3.05, 3.63) is 34.9 Å². The van der Waals surface area contributed by atoms with Gasteiger partial charge in [0.2, 0.25) is 0 Å². The Bertz CT molecular complexity index is 322. The Morgan fingerprint density at radius 3 is 3.07 bits per heavy atom. The minimum absolute atomic E-state index is 0.543. The van der Waals surface area contributed by atoms with Gasteiger partial charge in [0.25, 0.3) is 0 Å². The number of methoxy groups -OCH3 is 1. The molecular formula is C12H17NO. The average molecular weight is 191 g/mol. The van der Waals surface area contributed by atoms with Crippen LogP contribution in [0, 0.1) is 0 Å². The van der Waals surface area contributed by atoms with Gasteiger partial charge >= 0.3 is 0 Å². The van der Waals surface area contributed by atoms with Crippen LogP contribution in [0.15, 0.2) is 18.2 Å². The van der Waals surface area contributed by atoms with Crippen LogP contribution in [0.1, 0.15) is 29.2 Å². The van der Waals surface area contributed by atoms with E-state index in [4.69, 9.17) is 4.74 Å². The molecule has 0 heterocycles. The summed E-state index contributed by atoms with van der Waals surface area (Å²) in [5.41, 5.74) is 4.30. The van der Waals surface area contributed by atoms with Gasteiger partial charge in [-0.15, -0.1) is 0 Å². The molecule has 1 atom stereocenters. The predicted molar refractivity (Wildman–Crippen MR) is 57.3 cm³/mol. The van der Waals surface area contributed by atoms with Gasteiger partial charge < -0.3 is 10.1 Å². The molecule has 1 aromatic carbocycles. The van der Waals surface area contributed by atoms with Crippen molar-refractivity contribution in [1.82, 2.24) is 5.32 Å². The predicted octanol–water partition coefficient (Wildman–Crippen LogP) is 2.04. The Balaban J connectivity index is 2.34. The zero-order valence-corrected chi connectivity index (χ0v) is 8.84. The van der Waals surface area contributed by atoms with Crippen molar-refractivity contribution in [2.45, 2.75) is 25.5 Å². The van der Waals surface area contributed by atoms with Gasteiger partial charge in [0.15, 0.2) is 0 Å². The number of hydrogen-bond acceptors (Lipinski definition) is 2. The van der Waals surface area contributed by atoms with E-state index >= 15 is 0 Å². The van der Waals surface area contributed by atoms with E-state index in [9.17, 15) is 0 Å². The highest BCUT2D eigenvalue weighted by atomic mass is 16.5. The van der Waals surface area contributed by atoms with Gasteiger partial charge in [-0.05, 0) is 36.6 Å². The van der Waals surface area contributed by atoms with Crippen molar-refractivity contribution in [2.75, 3.05) is 14.2 Å². The van der Waals surface area contributed by atoms with Crippen LogP contribution in [0.4, 0.5) is 0 Å². The van der Waals surface area contributed by atoms with E-state index in [-0.39, 0.29) is 0 Å². The largest absolute Gasteiger partial charge is 0.380 e. The van der Waals surface area contributed by atoms with Gasteiger partial charge in [-0.3, -0.25) is 0 Å². The molecule has 2 rings (SSSR count). The van der Waals surface area contributed by atoms with Crippen molar-refractivity contribution >= 4 is 0 Å². The Morgan fingerprint density at radius 1 is 1.50 bits per heavy atom. The molecule has 76 valence electrons. The Labute approximate surface area is 85.3 Å². The number of fused-ring (bicyclic) bond motifs is 1. The lowest BCUT2D eigenvalue weighted by atomic mass is 10.0. The molecule has 0 saturated heterocycles. The first-order valence-electron chi connectivity index (χ1n) is 5.13. The maximum atomic E-state index is 5.20. The van der Waals surface area contributed by atoms with Crippen molar-refractivity contribution in [1.29, 1.82) is 0 Å². The number of ether oxygens (including phenoxy) is 1. The average Bonchev–Trinajstić information content (AvgIpc) is 2.62. The number of hydrogen-bond donors (Lipinski definition) is 1. The Hall–Kier alpha value is -0.860. The van der Waals surface area contributed by atoms with E-state index in [0.717, 1.165) is 6.61 Å². The summed E-state index contributed by atoms with van der Waals surface area (Å²) in [4.78, 5) is 0. The van der Waals surface area contributed by atoms with Gasteiger partial charge in [0.05, 0.1) is 6.61 Å². The van der Waals surface area contributed by atoms with Gasteiger partial charge in [-0.25, -0.2) is 0 Å². The first kappa shape index (κ1) is 9.69. The molecular weight excluding hydrogens is 174 g/mol. The minimum atomic E-state index is 0.543. The minimum Gasteiger partial charge on any atom is -0.380 e. The first-order valence-corrected chi connectivity index (χ1v) is 5.13. The highest BCUT2D eigenvalue weighted by Gasteiger charge is 2.22. The van der Waals surface area contributed by atoms with E-state index in [1.54, 1.807) is 7.11 Å². The molecule has 0 bridgehead atoms. The van der Waals surface area contributed by atoms with Gasteiger partial charge in [0, 0.05) is 13.2 Å². The molecule has 14 heavy (non-hydrogen) atoms. The first-order chi connectivity index (χ1) is 6.86. The summed E-state index contributed by atoms with van der Waals surface area (Å²) in [5.74, 6) is 0. The third-order valence-electron chi connectivity index (χ3n) is 3.02. The number of rotatable bonds is 3. The molecule has 2 nitrogen and oxygen atoms in total. The highest BCUT2D eigenvalue weighted by Crippen LogP contribution is 2.33. The van der Waals surface area contributed by atoms with Crippen molar-refractivity contribution in [3.8, 4) is 0 Å². The smallest absolute Gasteiger partial charge is 0.0715 e. The standard InChI is InChI=1S/C12H17NO/c1-13-12-7-6-10-9(8-14-2)4-3-5-11(10)12/h3-5,12-13H,6-8H2,1-2H3. The molecule has 1 unspecified atom stereocenters. The summed E-state index contributed by atoms with van der Waals surface area (Å²) in [6.45, 7) is 0.736. The third kappa shape index (κ3) is 1.56. The molecule has 0 amide bonds. The van der Waals surface area contributed by atoms with E-state index < -0.39 is 0 Å². The Morgan fingerprint density at radius 2 is 2.36 bits per heavy atom. The van der Waals surface area contributed by atoms with E-state index in [1.165, 1.54) is 29.5 Å². The quantitative estimate of drug-likeness (QED) is 0.789. The van der Waals surface area contributed by atoms with Crippen LogP contribution >= 0.6 is 0 Å². The molecule has 0 radical (unpaired) electrons. The molecule has 1 aliphatic rings. The fourth-order valence-corrected chi connectivity index (χ4v) is 2.32. The van der Waals surface area contributed by atoms with Gasteiger partial charge in [0.1, 0.15) is 0 Å². The second-order valence-corrected chi connectivity index (χ2v) is 3.80. The molecule has 0 spiro atoms. The van der Waals surface area contributed by atoms with Crippen LogP contribution in [-0.2, 0) is 17.8 Å². The molecule has 0 saturated carbocycles.